The second-order valence-corrected chi connectivity index (χ2v) is 7.00. The third-order valence-corrected chi connectivity index (χ3v) is 4.67. The van der Waals surface area contributed by atoms with Crippen LogP contribution in [-0.4, -0.2) is 22.0 Å². The first-order valence-corrected chi connectivity index (χ1v) is 9.26. The molecule has 0 unspecified atom stereocenters. The molecule has 9 heteroatoms. The zero-order valence-electron chi connectivity index (χ0n) is 14.8. The van der Waals surface area contributed by atoms with E-state index in [0.717, 1.165) is 17.0 Å². The van der Waals surface area contributed by atoms with E-state index in [1.54, 1.807) is 11.8 Å². The fourth-order valence-electron chi connectivity index (χ4n) is 2.48. The lowest BCUT2D eigenvalue weighted by atomic mass is 10.2. The number of H-pyrrole nitrogens is 1. The van der Waals surface area contributed by atoms with Crippen molar-refractivity contribution in [3.8, 4) is 11.5 Å². The van der Waals surface area contributed by atoms with E-state index in [1.165, 1.54) is 0 Å². The van der Waals surface area contributed by atoms with Gasteiger partial charge in [0, 0.05) is 5.02 Å². The highest BCUT2D eigenvalue weighted by atomic mass is 35.5. The molecule has 0 radical (unpaired) electrons. The van der Waals surface area contributed by atoms with Crippen molar-refractivity contribution in [3.63, 3.8) is 0 Å². The second kappa shape index (κ2) is 8.65. The molecule has 3 rings (SSSR count). The van der Waals surface area contributed by atoms with Crippen LogP contribution in [0.1, 0.15) is 17.0 Å². The summed E-state index contributed by atoms with van der Waals surface area (Å²) in [5.41, 5.74) is 5.08. The van der Waals surface area contributed by atoms with Crippen molar-refractivity contribution in [2.24, 2.45) is 0 Å². The summed E-state index contributed by atoms with van der Waals surface area (Å²) < 4.78 is 13.5. The number of nitrogens with one attached hydrogen (secondary N) is 2. The number of aryl methyl sites for hydroxylation is 1. The topological polar surface area (TPSA) is 64.1 Å². The number of nitrogens with zero attached hydrogens (tertiary/aromatic N) is 2. The first kappa shape index (κ1) is 19.5. The predicted molar refractivity (Wildman–Crippen MR) is 109 cm³/mol. The van der Waals surface area contributed by atoms with Gasteiger partial charge in [-0.2, -0.15) is 5.10 Å². The zero-order valence-corrected chi connectivity index (χ0v) is 17.1. The van der Waals surface area contributed by atoms with Crippen molar-refractivity contribution in [3.05, 3.63) is 68.2 Å². The summed E-state index contributed by atoms with van der Waals surface area (Å²) in [6.45, 7) is 2.69. The molecular weight excluding hydrogens is 407 g/mol. The summed E-state index contributed by atoms with van der Waals surface area (Å²) in [5, 5.41) is 7.93. The van der Waals surface area contributed by atoms with E-state index in [-0.39, 0.29) is 0 Å². The monoisotopic (exact) mass is 424 g/mol. The van der Waals surface area contributed by atoms with Crippen LogP contribution < -0.4 is 14.9 Å². The molecule has 0 atom stereocenters. The number of methoxy groups -OCH3 is 1. The van der Waals surface area contributed by atoms with E-state index in [4.69, 9.17) is 44.9 Å². The average Bonchev–Trinajstić information content (AvgIpc) is 2.98. The van der Waals surface area contributed by atoms with Gasteiger partial charge in [-0.3, -0.25) is 5.10 Å². The Balaban J connectivity index is 1.74. The zero-order chi connectivity index (χ0) is 19.4. The Morgan fingerprint density at radius 1 is 1.19 bits per heavy atom. The largest absolute Gasteiger partial charge is 0.493 e. The van der Waals surface area contributed by atoms with Crippen LogP contribution >= 0.6 is 35.4 Å². The predicted octanol–water partition coefficient (Wildman–Crippen LogP) is 4.89. The van der Waals surface area contributed by atoms with E-state index in [0.29, 0.717) is 39.5 Å². The van der Waals surface area contributed by atoms with Crippen LogP contribution in [0.15, 0.2) is 36.4 Å². The highest BCUT2D eigenvalue weighted by Gasteiger charge is 2.13. The molecule has 1 aromatic heterocycles. The van der Waals surface area contributed by atoms with Crippen LogP contribution in [-0.2, 0) is 13.2 Å². The summed E-state index contributed by atoms with van der Waals surface area (Å²) in [6, 6.07) is 11.1. The minimum atomic E-state index is 0.355. The molecule has 142 valence electrons. The molecule has 0 aliphatic heterocycles. The van der Waals surface area contributed by atoms with Crippen molar-refractivity contribution < 1.29 is 9.47 Å². The number of ether oxygens (including phenoxy) is 2. The Morgan fingerprint density at radius 3 is 2.56 bits per heavy atom. The van der Waals surface area contributed by atoms with Crippen molar-refractivity contribution in [1.82, 2.24) is 14.9 Å². The van der Waals surface area contributed by atoms with Crippen LogP contribution in [0.25, 0.3) is 0 Å². The Hall–Kier alpha value is -2.22. The third kappa shape index (κ3) is 4.74. The first-order chi connectivity index (χ1) is 13.0. The van der Waals surface area contributed by atoms with Gasteiger partial charge in [-0.1, -0.05) is 35.3 Å². The minimum absolute atomic E-state index is 0.355. The first-order valence-electron chi connectivity index (χ1n) is 8.09. The van der Waals surface area contributed by atoms with Gasteiger partial charge in [-0.25, -0.2) is 4.68 Å². The highest BCUT2D eigenvalue weighted by Crippen LogP contribution is 2.37. The molecule has 0 aliphatic rings. The lowest BCUT2D eigenvalue weighted by Gasteiger charge is -2.15. The van der Waals surface area contributed by atoms with Gasteiger partial charge in [0.15, 0.2) is 11.5 Å². The lowest BCUT2D eigenvalue weighted by Crippen LogP contribution is -2.16. The average molecular weight is 425 g/mol. The number of rotatable bonds is 7. The standard InChI is InChI=1S/C18H18Cl2N4O2S/c1-11-22-23-18(27)24(11)21-9-13-7-15(20)17(16(8-13)25-2)26-10-12-3-5-14(19)6-4-12/h3-8,21H,9-10H2,1-2H3,(H,23,27). The molecule has 0 fully saturated rings. The molecule has 0 spiro atoms. The molecule has 6 nitrogen and oxygen atoms in total. The summed E-state index contributed by atoms with van der Waals surface area (Å²) in [7, 11) is 1.58. The smallest absolute Gasteiger partial charge is 0.214 e. The number of hydrogen-bond acceptors (Lipinski definition) is 5. The molecule has 0 saturated carbocycles. The molecule has 0 aliphatic carbocycles. The fourth-order valence-corrected chi connectivity index (χ4v) is 3.14. The third-order valence-electron chi connectivity index (χ3n) is 3.87. The summed E-state index contributed by atoms with van der Waals surface area (Å²) in [6.07, 6.45) is 0. The number of benzene rings is 2. The van der Waals surface area contributed by atoms with Crippen molar-refractivity contribution in [2.45, 2.75) is 20.1 Å². The fraction of sp³-hybridized carbons (Fsp3) is 0.222. The Bertz CT molecular complexity index is 986. The maximum Gasteiger partial charge on any atom is 0.214 e. The van der Waals surface area contributed by atoms with Crippen LogP contribution in [0.2, 0.25) is 10.0 Å². The van der Waals surface area contributed by atoms with E-state index in [1.807, 2.05) is 43.3 Å². The quantitative estimate of drug-likeness (QED) is 0.528. The molecule has 2 N–H and O–H groups in total. The van der Waals surface area contributed by atoms with Crippen molar-refractivity contribution in [2.75, 3.05) is 12.5 Å². The maximum absolute atomic E-state index is 6.43. The van der Waals surface area contributed by atoms with Crippen LogP contribution in [0, 0.1) is 11.7 Å². The maximum atomic E-state index is 6.43. The van der Waals surface area contributed by atoms with Crippen LogP contribution in [0.5, 0.6) is 11.5 Å². The SMILES string of the molecule is COc1cc(CNn2c(C)n[nH]c2=S)cc(Cl)c1OCc1ccc(Cl)cc1. The van der Waals surface area contributed by atoms with Gasteiger partial charge in [0.25, 0.3) is 0 Å². The lowest BCUT2D eigenvalue weighted by molar-refractivity contribution is 0.284. The van der Waals surface area contributed by atoms with E-state index in [2.05, 4.69) is 15.6 Å². The normalized spacial score (nSPS) is 10.7. The van der Waals surface area contributed by atoms with Gasteiger partial charge in [0.05, 0.1) is 18.7 Å². The Kier molecular flexibility index (Phi) is 6.26. The molecule has 0 bridgehead atoms. The van der Waals surface area contributed by atoms with Gasteiger partial charge in [0.1, 0.15) is 12.4 Å². The number of halogens is 2. The molecule has 27 heavy (non-hydrogen) atoms. The van der Waals surface area contributed by atoms with Gasteiger partial charge in [-0.05, 0) is 54.5 Å². The number of hydrogen-bond donors (Lipinski definition) is 2. The summed E-state index contributed by atoms with van der Waals surface area (Å²) in [4.78, 5) is 0. The second-order valence-electron chi connectivity index (χ2n) is 5.77. The van der Waals surface area contributed by atoms with Gasteiger partial charge < -0.3 is 14.9 Å². The number of aromatic amines is 1. The van der Waals surface area contributed by atoms with E-state index >= 15 is 0 Å². The molecule has 1 heterocycles. The van der Waals surface area contributed by atoms with E-state index in [9.17, 15) is 0 Å². The van der Waals surface area contributed by atoms with Gasteiger partial charge in [-0.15, -0.1) is 0 Å². The molecule has 2 aromatic carbocycles. The minimum Gasteiger partial charge on any atom is -0.493 e. The van der Waals surface area contributed by atoms with Crippen molar-refractivity contribution in [1.29, 1.82) is 0 Å². The van der Waals surface area contributed by atoms with E-state index < -0.39 is 0 Å². The van der Waals surface area contributed by atoms with Crippen LogP contribution in [0.4, 0.5) is 0 Å². The summed E-state index contributed by atoms with van der Waals surface area (Å²) in [5.74, 6) is 1.79. The number of aromatic nitrogens is 3. The molecular formula is C18H18Cl2N4O2S. The van der Waals surface area contributed by atoms with Gasteiger partial charge >= 0.3 is 0 Å². The molecule has 3 aromatic rings. The molecule has 0 saturated heterocycles. The highest BCUT2D eigenvalue weighted by molar-refractivity contribution is 7.71. The summed E-state index contributed by atoms with van der Waals surface area (Å²) >= 11 is 17.5. The Labute approximate surface area is 172 Å². The van der Waals surface area contributed by atoms with Gasteiger partial charge in [0.2, 0.25) is 4.77 Å². The van der Waals surface area contributed by atoms with Crippen LogP contribution in [0.3, 0.4) is 0 Å². The van der Waals surface area contributed by atoms with Crippen molar-refractivity contribution >= 4 is 35.4 Å². The molecule has 0 amide bonds. The Morgan fingerprint density at radius 2 is 1.93 bits per heavy atom.